The molecule has 0 spiro atoms. The normalized spacial score (nSPS) is 13.0. The Balaban J connectivity index is 2.20. The molecule has 0 fully saturated rings. The van der Waals surface area contributed by atoms with E-state index in [1.54, 1.807) is 30.2 Å². The number of rotatable bonds is 6. The molecular formula is C12H15N5O2S2. The van der Waals surface area contributed by atoms with Gasteiger partial charge in [-0.15, -0.1) is 0 Å². The lowest BCUT2D eigenvalue weighted by Crippen LogP contribution is -2.36. The highest BCUT2D eigenvalue weighted by Gasteiger charge is 2.22. The van der Waals surface area contributed by atoms with Crippen molar-refractivity contribution < 1.29 is 8.42 Å². The monoisotopic (exact) mass is 325 g/mol. The zero-order valence-corrected chi connectivity index (χ0v) is 12.9. The van der Waals surface area contributed by atoms with Crippen LogP contribution >= 0.6 is 12.2 Å². The average molecular weight is 325 g/mol. The molecular weight excluding hydrogens is 310 g/mol. The van der Waals surface area contributed by atoms with E-state index in [0.29, 0.717) is 6.54 Å². The zero-order valence-electron chi connectivity index (χ0n) is 11.3. The summed E-state index contributed by atoms with van der Waals surface area (Å²) in [6, 6.07) is 2.62. The summed E-state index contributed by atoms with van der Waals surface area (Å²) in [6.07, 6.45) is 6.46. The number of thiocarbonyl (C=S) groups is 1. The van der Waals surface area contributed by atoms with Gasteiger partial charge in [0.2, 0.25) is 10.0 Å². The first-order chi connectivity index (χ1) is 9.90. The second kappa shape index (κ2) is 6.29. The van der Waals surface area contributed by atoms with E-state index in [2.05, 4.69) is 14.7 Å². The van der Waals surface area contributed by atoms with Crippen molar-refractivity contribution in [1.29, 1.82) is 0 Å². The molecule has 0 aromatic carbocycles. The third kappa shape index (κ3) is 3.84. The van der Waals surface area contributed by atoms with Crippen LogP contribution < -0.4 is 10.5 Å². The Kier molecular flexibility index (Phi) is 4.66. The summed E-state index contributed by atoms with van der Waals surface area (Å²) in [5.74, 6) is 0. The number of hydrogen-bond acceptors (Lipinski definition) is 5. The molecule has 21 heavy (non-hydrogen) atoms. The number of sulfonamides is 1. The minimum Gasteiger partial charge on any atom is -0.388 e. The van der Waals surface area contributed by atoms with Crippen molar-refractivity contribution in [3.8, 4) is 0 Å². The number of pyridine rings is 1. The second-order valence-electron chi connectivity index (χ2n) is 4.50. The maximum Gasteiger partial charge on any atom is 0.243 e. The summed E-state index contributed by atoms with van der Waals surface area (Å²) in [7, 11) is -3.75. The summed E-state index contributed by atoms with van der Waals surface area (Å²) >= 11 is 4.84. The Hall–Kier alpha value is -1.84. The number of imidazole rings is 1. The van der Waals surface area contributed by atoms with Crippen LogP contribution in [0.1, 0.15) is 12.6 Å². The lowest BCUT2D eigenvalue weighted by Gasteiger charge is -2.16. The predicted molar refractivity (Wildman–Crippen MR) is 82.1 cm³/mol. The van der Waals surface area contributed by atoms with E-state index in [0.717, 1.165) is 0 Å². The lowest BCUT2D eigenvalue weighted by atomic mass is 10.3. The minimum atomic E-state index is -3.75. The first-order valence-corrected chi connectivity index (χ1v) is 8.02. The average Bonchev–Trinajstić information content (AvgIpc) is 2.90. The standard InChI is InChI=1S/C12H15N5O2S2/c1-9(7-17-6-5-14-8-17)16-21(18,19)10-3-2-4-15-11(10)12(13)20/h2-6,8-9,16H,7H2,1H3,(H2,13,20). The SMILES string of the molecule is CC(Cn1ccnc1)NS(=O)(=O)c1cccnc1C(N)=S. The Morgan fingerprint density at radius 2 is 2.29 bits per heavy atom. The van der Waals surface area contributed by atoms with Gasteiger partial charge in [0.25, 0.3) is 0 Å². The van der Waals surface area contributed by atoms with E-state index in [1.165, 1.54) is 18.3 Å². The van der Waals surface area contributed by atoms with Crippen LogP contribution in [0.3, 0.4) is 0 Å². The highest BCUT2D eigenvalue weighted by molar-refractivity contribution is 7.89. The maximum absolute atomic E-state index is 12.4. The van der Waals surface area contributed by atoms with Gasteiger partial charge in [-0.1, -0.05) is 12.2 Å². The largest absolute Gasteiger partial charge is 0.388 e. The number of nitrogens with zero attached hydrogens (tertiary/aromatic N) is 3. The molecule has 1 atom stereocenters. The van der Waals surface area contributed by atoms with Crippen molar-refractivity contribution in [2.24, 2.45) is 5.73 Å². The van der Waals surface area contributed by atoms with Crippen LogP contribution in [0.15, 0.2) is 41.9 Å². The van der Waals surface area contributed by atoms with E-state index in [1.807, 2.05) is 0 Å². The summed E-state index contributed by atoms with van der Waals surface area (Å²) in [5, 5.41) is 0. The first-order valence-electron chi connectivity index (χ1n) is 6.13. The summed E-state index contributed by atoms with van der Waals surface area (Å²) < 4.78 is 29.2. The number of nitrogens with two attached hydrogens (primary N) is 1. The van der Waals surface area contributed by atoms with Crippen molar-refractivity contribution in [1.82, 2.24) is 19.3 Å². The van der Waals surface area contributed by atoms with E-state index >= 15 is 0 Å². The van der Waals surface area contributed by atoms with Crippen molar-refractivity contribution >= 4 is 27.2 Å². The molecule has 2 rings (SSSR count). The van der Waals surface area contributed by atoms with E-state index in [9.17, 15) is 8.42 Å². The Morgan fingerprint density at radius 3 is 2.90 bits per heavy atom. The summed E-state index contributed by atoms with van der Waals surface area (Å²) in [5.41, 5.74) is 5.61. The molecule has 7 nitrogen and oxygen atoms in total. The molecule has 0 saturated heterocycles. The molecule has 3 N–H and O–H groups in total. The van der Waals surface area contributed by atoms with Gasteiger partial charge in [-0.05, 0) is 19.1 Å². The molecule has 0 saturated carbocycles. The Labute approximate surface area is 128 Å². The second-order valence-corrected chi connectivity index (χ2v) is 6.62. The van der Waals surface area contributed by atoms with Gasteiger partial charge in [-0.2, -0.15) is 0 Å². The topological polar surface area (TPSA) is 103 Å². The molecule has 0 bridgehead atoms. The number of nitrogens with one attached hydrogen (secondary N) is 1. The van der Waals surface area contributed by atoms with Crippen LogP contribution in [-0.2, 0) is 16.6 Å². The highest BCUT2D eigenvalue weighted by atomic mass is 32.2. The molecule has 2 aromatic rings. The predicted octanol–water partition coefficient (Wildman–Crippen LogP) is 0.279. The van der Waals surface area contributed by atoms with Crippen LogP contribution in [0.2, 0.25) is 0 Å². The first kappa shape index (κ1) is 15.5. The fourth-order valence-electron chi connectivity index (χ4n) is 1.87. The van der Waals surface area contributed by atoms with Crippen molar-refractivity contribution in [3.63, 3.8) is 0 Å². The lowest BCUT2D eigenvalue weighted by molar-refractivity contribution is 0.520. The molecule has 112 valence electrons. The Morgan fingerprint density at radius 1 is 1.52 bits per heavy atom. The van der Waals surface area contributed by atoms with Gasteiger partial charge in [0.05, 0.1) is 6.33 Å². The van der Waals surface area contributed by atoms with Crippen LogP contribution in [0.5, 0.6) is 0 Å². The fourth-order valence-corrected chi connectivity index (χ4v) is 3.50. The van der Waals surface area contributed by atoms with Crippen LogP contribution in [0.25, 0.3) is 0 Å². The molecule has 0 amide bonds. The Bertz CT molecular complexity index is 728. The summed E-state index contributed by atoms with van der Waals surface area (Å²) in [6.45, 7) is 2.22. The third-order valence-electron chi connectivity index (χ3n) is 2.69. The highest BCUT2D eigenvalue weighted by Crippen LogP contribution is 2.13. The van der Waals surface area contributed by atoms with Gasteiger partial charge in [0, 0.05) is 31.2 Å². The smallest absolute Gasteiger partial charge is 0.243 e. The van der Waals surface area contributed by atoms with Crippen LogP contribution in [0.4, 0.5) is 0 Å². The van der Waals surface area contributed by atoms with Crippen molar-refractivity contribution in [2.75, 3.05) is 0 Å². The zero-order chi connectivity index (χ0) is 15.5. The minimum absolute atomic E-state index is 0.0185. The van der Waals surface area contributed by atoms with Crippen LogP contribution in [-0.4, -0.2) is 34.0 Å². The van der Waals surface area contributed by atoms with Gasteiger partial charge in [-0.3, -0.25) is 4.98 Å². The van der Waals surface area contributed by atoms with E-state index < -0.39 is 10.0 Å². The molecule has 0 aliphatic carbocycles. The van der Waals surface area contributed by atoms with Gasteiger partial charge in [-0.25, -0.2) is 18.1 Å². The van der Waals surface area contributed by atoms with Gasteiger partial charge >= 0.3 is 0 Å². The molecule has 0 aliphatic heterocycles. The third-order valence-corrected chi connectivity index (χ3v) is 4.51. The van der Waals surface area contributed by atoms with E-state index in [4.69, 9.17) is 18.0 Å². The van der Waals surface area contributed by atoms with Gasteiger partial charge < -0.3 is 10.3 Å². The quantitative estimate of drug-likeness (QED) is 0.740. The fraction of sp³-hybridized carbons (Fsp3) is 0.250. The van der Waals surface area contributed by atoms with Crippen LogP contribution in [0, 0.1) is 0 Å². The molecule has 2 heterocycles. The molecule has 2 aromatic heterocycles. The number of hydrogen-bond donors (Lipinski definition) is 2. The molecule has 1 unspecified atom stereocenters. The van der Waals surface area contributed by atoms with Gasteiger partial charge in [0.15, 0.2) is 0 Å². The number of aromatic nitrogens is 3. The van der Waals surface area contributed by atoms with E-state index in [-0.39, 0.29) is 21.6 Å². The summed E-state index contributed by atoms with van der Waals surface area (Å²) in [4.78, 5) is 7.76. The van der Waals surface area contributed by atoms with Crippen molar-refractivity contribution in [2.45, 2.75) is 24.4 Å². The molecule has 9 heteroatoms. The molecule has 0 radical (unpaired) electrons. The molecule has 0 aliphatic rings. The van der Waals surface area contributed by atoms with Gasteiger partial charge in [0.1, 0.15) is 15.6 Å². The maximum atomic E-state index is 12.4. The van der Waals surface area contributed by atoms with Crippen molar-refractivity contribution in [3.05, 3.63) is 42.7 Å².